The molecule has 2 heterocycles. The summed E-state index contributed by atoms with van der Waals surface area (Å²) >= 11 is 0. The number of esters is 1. The molecule has 0 radical (unpaired) electrons. The van der Waals surface area contributed by atoms with E-state index in [0.717, 1.165) is 22.6 Å². The molecule has 0 unspecified atom stereocenters. The van der Waals surface area contributed by atoms with E-state index in [-0.39, 0.29) is 13.0 Å². The Morgan fingerprint density at radius 3 is 2.50 bits per heavy atom. The third kappa shape index (κ3) is 4.62. The van der Waals surface area contributed by atoms with Crippen LogP contribution in [-0.4, -0.2) is 33.2 Å². The summed E-state index contributed by atoms with van der Waals surface area (Å²) in [5, 5.41) is 7.26. The molecule has 2 aromatic heterocycles. The number of ether oxygens (including phenoxy) is 1. The van der Waals surface area contributed by atoms with E-state index in [2.05, 4.69) is 15.4 Å². The SMILES string of the molecule is Cc1ccc(CC(=O)OCC(=O)Nc2c(C)nn(-c3ccccc3)c2C)cn1. The summed E-state index contributed by atoms with van der Waals surface area (Å²) in [5.41, 5.74) is 4.63. The van der Waals surface area contributed by atoms with Gasteiger partial charge in [-0.1, -0.05) is 24.3 Å². The van der Waals surface area contributed by atoms with Crippen LogP contribution in [0.25, 0.3) is 5.69 Å². The number of aryl methyl sites for hydroxylation is 2. The summed E-state index contributed by atoms with van der Waals surface area (Å²) in [7, 11) is 0. The molecule has 7 nitrogen and oxygen atoms in total. The van der Waals surface area contributed by atoms with Gasteiger partial charge in [0.15, 0.2) is 6.61 Å². The summed E-state index contributed by atoms with van der Waals surface area (Å²) in [6, 6.07) is 13.3. The van der Waals surface area contributed by atoms with E-state index in [4.69, 9.17) is 4.74 Å². The fourth-order valence-corrected chi connectivity index (χ4v) is 2.79. The molecule has 1 N–H and O–H groups in total. The molecule has 1 aromatic carbocycles. The second-order valence-corrected chi connectivity index (χ2v) is 6.49. The van der Waals surface area contributed by atoms with Crippen molar-refractivity contribution in [2.75, 3.05) is 11.9 Å². The molecule has 0 spiro atoms. The molecular formula is C21H22N4O3. The quantitative estimate of drug-likeness (QED) is 0.667. The van der Waals surface area contributed by atoms with Gasteiger partial charge in [0.1, 0.15) is 0 Å². The Morgan fingerprint density at radius 1 is 1.07 bits per heavy atom. The molecule has 7 heteroatoms. The Labute approximate surface area is 163 Å². The van der Waals surface area contributed by atoms with Crippen molar-refractivity contribution < 1.29 is 14.3 Å². The number of hydrogen-bond donors (Lipinski definition) is 1. The lowest BCUT2D eigenvalue weighted by atomic mass is 10.2. The summed E-state index contributed by atoms with van der Waals surface area (Å²) in [6.07, 6.45) is 1.70. The first-order chi connectivity index (χ1) is 13.4. The fraction of sp³-hybridized carbons (Fsp3) is 0.238. The predicted molar refractivity (Wildman–Crippen MR) is 105 cm³/mol. The number of carbonyl (C=O) groups is 2. The maximum absolute atomic E-state index is 12.2. The monoisotopic (exact) mass is 378 g/mol. The Morgan fingerprint density at radius 2 is 1.82 bits per heavy atom. The molecule has 0 bridgehead atoms. The Balaban J connectivity index is 1.58. The average Bonchev–Trinajstić information content (AvgIpc) is 2.97. The number of amides is 1. The van der Waals surface area contributed by atoms with E-state index in [1.807, 2.05) is 63.2 Å². The van der Waals surface area contributed by atoms with Crippen molar-refractivity contribution in [3.63, 3.8) is 0 Å². The van der Waals surface area contributed by atoms with Crippen molar-refractivity contribution in [1.29, 1.82) is 0 Å². The summed E-state index contributed by atoms with van der Waals surface area (Å²) in [4.78, 5) is 28.3. The number of pyridine rings is 1. The number of carbonyl (C=O) groups excluding carboxylic acids is 2. The predicted octanol–water partition coefficient (Wildman–Crippen LogP) is 2.92. The summed E-state index contributed by atoms with van der Waals surface area (Å²) in [5.74, 6) is -0.886. The minimum Gasteiger partial charge on any atom is -0.455 e. The molecule has 0 aliphatic carbocycles. The van der Waals surface area contributed by atoms with Crippen LogP contribution in [0.1, 0.15) is 22.6 Å². The van der Waals surface area contributed by atoms with Gasteiger partial charge in [-0.25, -0.2) is 4.68 Å². The summed E-state index contributed by atoms with van der Waals surface area (Å²) in [6.45, 7) is 5.21. The van der Waals surface area contributed by atoms with Crippen molar-refractivity contribution >= 4 is 17.6 Å². The minimum atomic E-state index is -0.478. The number of anilines is 1. The standard InChI is InChI=1S/C21H22N4O3/c1-14-9-10-17(12-22-14)11-20(27)28-13-19(26)23-21-15(2)24-25(16(21)3)18-7-5-4-6-8-18/h4-10,12H,11,13H2,1-3H3,(H,23,26). The van der Waals surface area contributed by atoms with Crippen molar-refractivity contribution in [1.82, 2.24) is 14.8 Å². The van der Waals surface area contributed by atoms with Crippen molar-refractivity contribution in [2.24, 2.45) is 0 Å². The largest absolute Gasteiger partial charge is 0.455 e. The highest BCUT2D eigenvalue weighted by molar-refractivity contribution is 5.94. The molecule has 3 rings (SSSR count). The molecule has 1 amide bonds. The van der Waals surface area contributed by atoms with Crippen LogP contribution in [0.5, 0.6) is 0 Å². The van der Waals surface area contributed by atoms with Crippen LogP contribution in [0.3, 0.4) is 0 Å². The zero-order valence-electron chi connectivity index (χ0n) is 16.1. The van der Waals surface area contributed by atoms with E-state index in [1.165, 1.54) is 0 Å². The number of rotatable bonds is 6. The van der Waals surface area contributed by atoms with E-state index in [1.54, 1.807) is 10.9 Å². The van der Waals surface area contributed by atoms with Gasteiger partial charge in [-0.2, -0.15) is 5.10 Å². The van der Waals surface area contributed by atoms with E-state index in [9.17, 15) is 9.59 Å². The highest BCUT2D eigenvalue weighted by Gasteiger charge is 2.16. The van der Waals surface area contributed by atoms with Crippen LogP contribution in [0.15, 0.2) is 48.7 Å². The van der Waals surface area contributed by atoms with Crippen molar-refractivity contribution in [2.45, 2.75) is 27.2 Å². The highest BCUT2D eigenvalue weighted by atomic mass is 16.5. The number of nitrogens with one attached hydrogen (secondary N) is 1. The maximum atomic E-state index is 12.2. The average molecular weight is 378 g/mol. The number of benzene rings is 1. The van der Waals surface area contributed by atoms with Gasteiger partial charge in [0, 0.05) is 11.9 Å². The molecule has 3 aromatic rings. The van der Waals surface area contributed by atoms with Gasteiger partial charge < -0.3 is 10.1 Å². The lowest BCUT2D eigenvalue weighted by Gasteiger charge is -2.08. The zero-order chi connectivity index (χ0) is 20.1. The summed E-state index contributed by atoms with van der Waals surface area (Å²) < 4.78 is 6.84. The molecule has 28 heavy (non-hydrogen) atoms. The van der Waals surface area contributed by atoms with Crippen molar-refractivity contribution in [3.05, 3.63) is 71.3 Å². The van der Waals surface area contributed by atoms with Gasteiger partial charge in [-0.3, -0.25) is 14.6 Å². The third-order valence-corrected chi connectivity index (χ3v) is 4.24. The number of aromatic nitrogens is 3. The van der Waals surface area contributed by atoms with Gasteiger partial charge in [-0.05, 0) is 44.5 Å². The Bertz CT molecular complexity index is 979. The molecule has 0 fully saturated rings. The van der Waals surface area contributed by atoms with Crippen LogP contribution in [0, 0.1) is 20.8 Å². The topological polar surface area (TPSA) is 86.1 Å². The van der Waals surface area contributed by atoms with Crippen LogP contribution in [-0.2, 0) is 20.7 Å². The molecule has 0 aliphatic heterocycles. The highest BCUT2D eigenvalue weighted by Crippen LogP contribution is 2.22. The molecule has 0 saturated heterocycles. The first-order valence-corrected chi connectivity index (χ1v) is 8.92. The third-order valence-electron chi connectivity index (χ3n) is 4.24. The fourth-order valence-electron chi connectivity index (χ4n) is 2.79. The van der Waals surface area contributed by atoms with Crippen molar-refractivity contribution in [3.8, 4) is 5.69 Å². The second kappa shape index (κ2) is 8.47. The number of hydrogen-bond acceptors (Lipinski definition) is 5. The molecule has 0 atom stereocenters. The van der Waals surface area contributed by atoms with Crippen LogP contribution in [0.4, 0.5) is 5.69 Å². The first-order valence-electron chi connectivity index (χ1n) is 8.92. The zero-order valence-corrected chi connectivity index (χ0v) is 16.1. The number of para-hydroxylation sites is 1. The lowest BCUT2D eigenvalue weighted by Crippen LogP contribution is -2.22. The van der Waals surface area contributed by atoms with Crippen LogP contribution in [0.2, 0.25) is 0 Å². The van der Waals surface area contributed by atoms with Crippen LogP contribution < -0.4 is 5.32 Å². The van der Waals surface area contributed by atoms with E-state index < -0.39 is 11.9 Å². The van der Waals surface area contributed by atoms with Crippen LogP contribution >= 0.6 is 0 Å². The lowest BCUT2D eigenvalue weighted by molar-refractivity contribution is -0.146. The number of nitrogens with zero attached hydrogens (tertiary/aromatic N) is 3. The normalized spacial score (nSPS) is 10.5. The van der Waals surface area contributed by atoms with Gasteiger partial charge in [-0.15, -0.1) is 0 Å². The molecule has 0 aliphatic rings. The Kier molecular flexibility index (Phi) is 5.84. The molecular weight excluding hydrogens is 356 g/mol. The smallest absolute Gasteiger partial charge is 0.310 e. The minimum absolute atomic E-state index is 0.0740. The first kappa shape index (κ1) is 19.3. The Hall–Kier alpha value is -3.48. The van der Waals surface area contributed by atoms with Gasteiger partial charge in [0.25, 0.3) is 5.91 Å². The van der Waals surface area contributed by atoms with Gasteiger partial charge >= 0.3 is 5.97 Å². The van der Waals surface area contributed by atoms with Gasteiger partial charge in [0.2, 0.25) is 0 Å². The second-order valence-electron chi connectivity index (χ2n) is 6.49. The van der Waals surface area contributed by atoms with E-state index in [0.29, 0.717) is 11.4 Å². The molecule has 144 valence electrons. The maximum Gasteiger partial charge on any atom is 0.310 e. The molecule has 0 saturated carbocycles. The van der Waals surface area contributed by atoms with Gasteiger partial charge in [0.05, 0.1) is 29.2 Å². The van der Waals surface area contributed by atoms with E-state index >= 15 is 0 Å².